The largest absolute Gasteiger partial charge is 0.357 e. The number of hydrogen-bond donors (Lipinski definition) is 3. The third-order valence-electron chi connectivity index (χ3n) is 4.99. The van der Waals surface area contributed by atoms with Crippen molar-refractivity contribution in [2.75, 3.05) is 32.7 Å². The Balaban J connectivity index is 1.95. The van der Waals surface area contributed by atoms with Gasteiger partial charge in [-0.15, -0.1) is 11.3 Å². The van der Waals surface area contributed by atoms with Crippen LogP contribution in [0, 0.1) is 5.92 Å². The van der Waals surface area contributed by atoms with E-state index in [4.69, 9.17) is 4.99 Å². The molecule has 0 aromatic carbocycles. The lowest BCUT2D eigenvalue weighted by atomic mass is 9.97. The Kier molecular flexibility index (Phi) is 9.78. The van der Waals surface area contributed by atoms with E-state index in [1.165, 1.54) is 17.7 Å². The van der Waals surface area contributed by atoms with Crippen molar-refractivity contribution in [3.05, 3.63) is 22.4 Å². The van der Waals surface area contributed by atoms with E-state index in [0.29, 0.717) is 19.0 Å². The Labute approximate surface area is 174 Å². The van der Waals surface area contributed by atoms with Gasteiger partial charge < -0.3 is 16.0 Å². The van der Waals surface area contributed by atoms with Crippen LogP contribution in [0.15, 0.2) is 22.5 Å². The quantitative estimate of drug-likeness (QED) is 0.435. The Morgan fingerprint density at radius 2 is 2.07 bits per heavy atom. The lowest BCUT2D eigenvalue weighted by Crippen LogP contribution is -2.41. The molecule has 1 saturated heterocycles. The number of carbonyl (C=O) groups is 1. The molecule has 0 bridgehead atoms. The molecule has 28 heavy (non-hydrogen) atoms. The van der Waals surface area contributed by atoms with E-state index in [1.54, 1.807) is 0 Å². The lowest BCUT2D eigenvalue weighted by molar-refractivity contribution is -0.121. The highest BCUT2D eigenvalue weighted by molar-refractivity contribution is 7.10. The van der Waals surface area contributed by atoms with E-state index in [2.05, 4.69) is 52.2 Å². The molecular formula is C21H37N5OS. The van der Waals surface area contributed by atoms with Crippen molar-refractivity contribution in [1.29, 1.82) is 0 Å². The summed E-state index contributed by atoms with van der Waals surface area (Å²) in [5.41, 5.74) is 0. The van der Waals surface area contributed by atoms with E-state index >= 15 is 0 Å². The smallest absolute Gasteiger partial charge is 0.221 e. The average Bonchev–Trinajstić information content (AvgIpc) is 3.17. The van der Waals surface area contributed by atoms with Crippen LogP contribution in [0.5, 0.6) is 0 Å². The highest BCUT2D eigenvalue weighted by Crippen LogP contribution is 2.29. The maximum atomic E-state index is 11.8. The standard InChI is InChI=1S/C21H37N5OS/c1-5-22-21(23-11-8-20(27)25-16(2)3)24-15-18(19-7-6-14-28-19)26-12-9-17(4)10-13-26/h6-7,14,16-18H,5,8-13,15H2,1-4H3,(H,25,27)(H2,22,23,24). The van der Waals surface area contributed by atoms with Crippen LogP contribution >= 0.6 is 11.3 Å². The third-order valence-corrected chi connectivity index (χ3v) is 5.96. The number of amides is 1. The number of guanidine groups is 1. The first-order chi connectivity index (χ1) is 13.5. The van der Waals surface area contributed by atoms with Gasteiger partial charge in [0.25, 0.3) is 0 Å². The minimum Gasteiger partial charge on any atom is -0.357 e. The Bertz CT molecular complexity index is 594. The van der Waals surface area contributed by atoms with Crippen LogP contribution in [0.3, 0.4) is 0 Å². The minimum absolute atomic E-state index is 0.0669. The zero-order chi connectivity index (χ0) is 20.4. The van der Waals surface area contributed by atoms with Gasteiger partial charge in [0.05, 0.1) is 12.6 Å². The lowest BCUT2D eigenvalue weighted by Gasteiger charge is -2.35. The first-order valence-electron chi connectivity index (χ1n) is 10.6. The molecule has 1 aliphatic heterocycles. The van der Waals surface area contributed by atoms with E-state index in [1.807, 2.05) is 25.2 Å². The summed E-state index contributed by atoms with van der Waals surface area (Å²) >= 11 is 1.81. The summed E-state index contributed by atoms with van der Waals surface area (Å²) in [5, 5.41) is 11.7. The second kappa shape index (κ2) is 12.1. The van der Waals surface area contributed by atoms with Gasteiger partial charge in [-0.05, 0) is 64.1 Å². The SMILES string of the molecule is CCNC(=NCC(c1cccs1)N1CCC(C)CC1)NCCC(=O)NC(C)C. The van der Waals surface area contributed by atoms with Crippen LogP contribution in [-0.4, -0.2) is 55.5 Å². The molecule has 1 fully saturated rings. The van der Waals surface area contributed by atoms with Gasteiger partial charge in [-0.25, -0.2) is 0 Å². The van der Waals surface area contributed by atoms with Crippen LogP contribution in [-0.2, 0) is 4.79 Å². The molecule has 0 saturated carbocycles. The number of nitrogens with one attached hydrogen (secondary N) is 3. The fourth-order valence-corrected chi connectivity index (χ4v) is 4.27. The monoisotopic (exact) mass is 407 g/mol. The molecular weight excluding hydrogens is 370 g/mol. The van der Waals surface area contributed by atoms with Gasteiger partial charge in [-0.2, -0.15) is 0 Å². The van der Waals surface area contributed by atoms with E-state index in [0.717, 1.165) is 38.1 Å². The Hall–Kier alpha value is -1.60. The molecule has 0 radical (unpaired) electrons. The van der Waals surface area contributed by atoms with Crippen molar-refractivity contribution in [3.8, 4) is 0 Å². The molecule has 1 aliphatic rings. The first-order valence-corrected chi connectivity index (χ1v) is 11.5. The fraction of sp³-hybridized carbons (Fsp3) is 0.714. The summed E-state index contributed by atoms with van der Waals surface area (Å²) in [5.74, 6) is 1.67. The van der Waals surface area contributed by atoms with Crippen LogP contribution in [0.1, 0.15) is 57.9 Å². The number of nitrogens with zero attached hydrogens (tertiary/aromatic N) is 2. The minimum atomic E-state index is 0.0669. The fourth-order valence-electron chi connectivity index (χ4n) is 3.41. The summed E-state index contributed by atoms with van der Waals surface area (Å²) < 4.78 is 0. The van der Waals surface area contributed by atoms with Gasteiger partial charge >= 0.3 is 0 Å². The number of rotatable bonds is 9. The zero-order valence-electron chi connectivity index (χ0n) is 17.8. The highest BCUT2D eigenvalue weighted by atomic mass is 32.1. The number of aliphatic imine (C=N–C) groups is 1. The molecule has 6 nitrogen and oxygen atoms in total. The normalized spacial score (nSPS) is 17.5. The van der Waals surface area contributed by atoms with Gasteiger partial charge in [-0.3, -0.25) is 14.7 Å². The van der Waals surface area contributed by atoms with Gasteiger partial charge in [-0.1, -0.05) is 13.0 Å². The summed E-state index contributed by atoms with van der Waals surface area (Å²) in [6.45, 7) is 12.7. The molecule has 7 heteroatoms. The second-order valence-electron chi connectivity index (χ2n) is 7.87. The van der Waals surface area contributed by atoms with E-state index in [9.17, 15) is 4.79 Å². The predicted octanol–water partition coefficient (Wildman–Crippen LogP) is 2.99. The van der Waals surface area contributed by atoms with Crippen LogP contribution in [0.4, 0.5) is 0 Å². The van der Waals surface area contributed by atoms with Crippen molar-refractivity contribution in [3.63, 3.8) is 0 Å². The summed E-state index contributed by atoms with van der Waals surface area (Å²) in [4.78, 5) is 20.6. The van der Waals surface area contributed by atoms with Crippen LogP contribution in [0.25, 0.3) is 0 Å². The molecule has 158 valence electrons. The number of thiophene rings is 1. The third kappa shape index (κ3) is 7.80. The van der Waals surface area contributed by atoms with Crippen molar-refractivity contribution in [2.24, 2.45) is 10.9 Å². The van der Waals surface area contributed by atoms with Crippen molar-refractivity contribution in [2.45, 2.75) is 59.0 Å². The Morgan fingerprint density at radius 3 is 2.68 bits per heavy atom. The van der Waals surface area contributed by atoms with Gasteiger partial charge in [0, 0.05) is 30.4 Å². The topological polar surface area (TPSA) is 68.8 Å². The molecule has 1 atom stereocenters. The van der Waals surface area contributed by atoms with E-state index in [-0.39, 0.29) is 11.9 Å². The zero-order valence-corrected chi connectivity index (χ0v) is 18.6. The predicted molar refractivity (Wildman–Crippen MR) is 119 cm³/mol. The number of hydrogen-bond acceptors (Lipinski definition) is 4. The molecule has 0 spiro atoms. The first kappa shape index (κ1) is 22.7. The van der Waals surface area contributed by atoms with Crippen LogP contribution in [0.2, 0.25) is 0 Å². The van der Waals surface area contributed by atoms with Gasteiger partial charge in [0.2, 0.25) is 5.91 Å². The van der Waals surface area contributed by atoms with Crippen molar-refractivity contribution in [1.82, 2.24) is 20.9 Å². The average molecular weight is 408 g/mol. The van der Waals surface area contributed by atoms with E-state index < -0.39 is 0 Å². The van der Waals surface area contributed by atoms with Crippen molar-refractivity contribution < 1.29 is 4.79 Å². The maximum Gasteiger partial charge on any atom is 0.221 e. The summed E-state index contributed by atoms with van der Waals surface area (Å²) in [7, 11) is 0. The van der Waals surface area contributed by atoms with Gasteiger partial charge in [0.15, 0.2) is 5.96 Å². The molecule has 3 N–H and O–H groups in total. The molecule has 1 unspecified atom stereocenters. The molecule has 2 rings (SSSR count). The summed E-state index contributed by atoms with van der Waals surface area (Å²) in [6.07, 6.45) is 2.96. The maximum absolute atomic E-state index is 11.8. The molecule has 1 amide bonds. The van der Waals surface area contributed by atoms with Gasteiger partial charge in [0.1, 0.15) is 0 Å². The molecule has 1 aromatic rings. The van der Waals surface area contributed by atoms with Crippen LogP contribution < -0.4 is 16.0 Å². The number of piperidine rings is 1. The van der Waals surface area contributed by atoms with Crippen molar-refractivity contribution >= 4 is 23.2 Å². The number of likely N-dealkylation sites (tertiary alicyclic amines) is 1. The molecule has 0 aliphatic carbocycles. The number of carbonyl (C=O) groups excluding carboxylic acids is 1. The molecule has 1 aromatic heterocycles. The summed E-state index contributed by atoms with van der Waals surface area (Å²) in [6, 6.07) is 4.85. The Morgan fingerprint density at radius 1 is 1.32 bits per heavy atom. The highest BCUT2D eigenvalue weighted by Gasteiger charge is 2.25. The second-order valence-corrected chi connectivity index (χ2v) is 8.85. The molecule has 2 heterocycles.